The van der Waals surface area contributed by atoms with Crippen LogP contribution in [0.4, 0.5) is 5.69 Å². The monoisotopic (exact) mass is 341 g/mol. The van der Waals surface area contributed by atoms with Crippen molar-refractivity contribution < 1.29 is 4.74 Å². The van der Waals surface area contributed by atoms with Gasteiger partial charge in [-0.15, -0.1) is 0 Å². The minimum atomic E-state index is 0.876. The van der Waals surface area contributed by atoms with Gasteiger partial charge in [-0.1, -0.05) is 49.0 Å². The molecule has 0 fully saturated rings. The number of ether oxygens (including phenoxy) is 1. The molecule has 1 aliphatic heterocycles. The van der Waals surface area contributed by atoms with Gasteiger partial charge in [0.15, 0.2) is 0 Å². The Labute approximate surface area is 154 Å². The first kappa shape index (κ1) is 16.5. The van der Waals surface area contributed by atoms with Crippen LogP contribution in [-0.2, 0) is 0 Å². The zero-order valence-corrected chi connectivity index (χ0v) is 15.3. The van der Waals surface area contributed by atoms with Gasteiger partial charge in [0.25, 0.3) is 0 Å². The van der Waals surface area contributed by atoms with E-state index < -0.39 is 0 Å². The second kappa shape index (κ2) is 6.72. The van der Waals surface area contributed by atoms with Gasteiger partial charge in [0.05, 0.1) is 0 Å². The molecule has 0 N–H and O–H groups in total. The normalized spacial score (nSPS) is 12.2. The summed E-state index contributed by atoms with van der Waals surface area (Å²) in [5.74, 6) is 1.78. The summed E-state index contributed by atoms with van der Waals surface area (Å²) >= 11 is 0. The Balaban J connectivity index is 1.99. The number of benzene rings is 3. The number of hydrogen-bond donors (Lipinski definition) is 0. The van der Waals surface area contributed by atoms with Gasteiger partial charge >= 0.3 is 0 Å². The van der Waals surface area contributed by atoms with Gasteiger partial charge in [0.2, 0.25) is 0 Å². The maximum absolute atomic E-state index is 6.30. The van der Waals surface area contributed by atoms with E-state index in [1.54, 1.807) is 0 Å². The Morgan fingerprint density at radius 1 is 0.846 bits per heavy atom. The first-order chi connectivity index (χ1) is 12.7. The molecule has 0 atom stereocenters. The quantitative estimate of drug-likeness (QED) is 0.549. The van der Waals surface area contributed by atoms with Gasteiger partial charge in [-0.3, -0.25) is 0 Å². The molecule has 1 heterocycles. The number of rotatable bonds is 4. The summed E-state index contributed by atoms with van der Waals surface area (Å²) in [5.41, 5.74) is 4.74. The van der Waals surface area contributed by atoms with Crippen molar-refractivity contribution in [3.8, 4) is 11.5 Å². The molecule has 0 saturated heterocycles. The van der Waals surface area contributed by atoms with Crippen LogP contribution in [0.15, 0.2) is 66.7 Å². The summed E-state index contributed by atoms with van der Waals surface area (Å²) in [5, 5.41) is 2.08. The SMILES string of the molecule is C=c1ccc2c(c1)Oc1cc(N(CC)CC)ccc1C=2c1ccccc1. The zero-order chi connectivity index (χ0) is 18.1. The summed E-state index contributed by atoms with van der Waals surface area (Å²) < 4.78 is 6.30. The minimum Gasteiger partial charge on any atom is -0.456 e. The standard InChI is InChI=1S/C24H23NO/c1-4-25(5-2)19-12-14-21-23(16-19)26-22-15-17(3)11-13-20(22)24(21)18-9-7-6-8-10-18/h6-16H,3-5H2,1-2H3. The van der Waals surface area contributed by atoms with Gasteiger partial charge < -0.3 is 9.64 Å². The molecule has 3 aromatic carbocycles. The van der Waals surface area contributed by atoms with Crippen molar-refractivity contribution >= 4 is 17.8 Å². The van der Waals surface area contributed by atoms with Gasteiger partial charge in [0, 0.05) is 41.2 Å². The highest BCUT2D eigenvalue weighted by Crippen LogP contribution is 2.38. The fourth-order valence-corrected chi connectivity index (χ4v) is 3.62. The van der Waals surface area contributed by atoms with Crippen LogP contribution in [-0.4, -0.2) is 13.1 Å². The molecule has 0 unspecified atom stereocenters. The van der Waals surface area contributed by atoms with Crippen molar-refractivity contribution in [1.29, 1.82) is 0 Å². The molecule has 0 radical (unpaired) electrons. The third-order valence-electron chi connectivity index (χ3n) is 4.96. The molecule has 0 aliphatic carbocycles. The van der Waals surface area contributed by atoms with E-state index in [0.29, 0.717) is 0 Å². The lowest BCUT2D eigenvalue weighted by Crippen LogP contribution is -2.23. The van der Waals surface area contributed by atoms with E-state index in [4.69, 9.17) is 4.74 Å². The highest BCUT2D eigenvalue weighted by atomic mass is 16.5. The first-order valence-electron chi connectivity index (χ1n) is 9.17. The number of anilines is 1. The van der Waals surface area contributed by atoms with Gasteiger partial charge in [0.1, 0.15) is 11.5 Å². The van der Waals surface area contributed by atoms with Crippen molar-refractivity contribution in [3.05, 3.63) is 88.3 Å². The molecule has 4 rings (SSSR count). The summed E-state index contributed by atoms with van der Waals surface area (Å²) in [7, 11) is 0. The summed E-state index contributed by atoms with van der Waals surface area (Å²) in [4.78, 5) is 2.33. The molecule has 0 bridgehead atoms. The molecule has 0 spiro atoms. The zero-order valence-electron chi connectivity index (χ0n) is 15.3. The van der Waals surface area contributed by atoms with Crippen LogP contribution >= 0.6 is 0 Å². The highest BCUT2D eigenvalue weighted by Gasteiger charge is 2.20. The van der Waals surface area contributed by atoms with Crippen molar-refractivity contribution in [2.75, 3.05) is 18.0 Å². The van der Waals surface area contributed by atoms with Crippen LogP contribution in [0.3, 0.4) is 0 Å². The van der Waals surface area contributed by atoms with E-state index in [0.717, 1.165) is 40.6 Å². The third-order valence-corrected chi connectivity index (χ3v) is 4.96. The van der Waals surface area contributed by atoms with Gasteiger partial charge in [-0.05, 0) is 42.8 Å². The maximum Gasteiger partial charge on any atom is 0.137 e. The number of nitrogens with zero attached hydrogens (tertiary/aromatic N) is 1. The molecular weight excluding hydrogens is 318 g/mol. The molecule has 0 amide bonds. The van der Waals surface area contributed by atoms with Crippen LogP contribution in [0.25, 0.3) is 12.2 Å². The first-order valence-corrected chi connectivity index (χ1v) is 9.17. The molecule has 26 heavy (non-hydrogen) atoms. The highest BCUT2D eigenvalue weighted by molar-refractivity contribution is 5.86. The van der Waals surface area contributed by atoms with Crippen LogP contribution in [0, 0.1) is 0 Å². The molecule has 130 valence electrons. The predicted octanol–water partition coefficient (Wildman–Crippen LogP) is 4.30. The topological polar surface area (TPSA) is 12.5 Å². The Morgan fingerprint density at radius 3 is 2.35 bits per heavy atom. The average Bonchev–Trinajstić information content (AvgIpc) is 2.67. The Morgan fingerprint density at radius 2 is 1.62 bits per heavy atom. The Bertz CT molecular complexity index is 1050. The van der Waals surface area contributed by atoms with Crippen molar-refractivity contribution in [1.82, 2.24) is 0 Å². The lowest BCUT2D eigenvalue weighted by molar-refractivity contribution is 0.472. The van der Waals surface area contributed by atoms with Crippen LogP contribution < -0.4 is 20.1 Å². The Kier molecular flexibility index (Phi) is 4.26. The fraction of sp³-hybridized carbons (Fsp3) is 0.167. The number of hydrogen-bond acceptors (Lipinski definition) is 2. The van der Waals surface area contributed by atoms with Crippen molar-refractivity contribution in [2.24, 2.45) is 0 Å². The van der Waals surface area contributed by atoms with Gasteiger partial charge in [-0.25, -0.2) is 0 Å². The minimum absolute atomic E-state index is 0.876. The molecule has 0 saturated carbocycles. The lowest BCUT2D eigenvalue weighted by atomic mass is 9.92. The summed E-state index contributed by atoms with van der Waals surface area (Å²) in [6, 6.07) is 23.2. The van der Waals surface area contributed by atoms with Crippen molar-refractivity contribution in [3.63, 3.8) is 0 Å². The second-order valence-corrected chi connectivity index (χ2v) is 6.53. The van der Waals surface area contributed by atoms with Crippen LogP contribution in [0.5, 0.6) is 11.5 Å². The average molecular weight is 341 g/mol. The van der Waals surface area contributed by atoms with E-state index in [2.05, 4.69) is 73.9 Å². The summed E-state index contributed by atoms with van der Waals surface area (Å²) in [6.45, 7) is 10.4. The smallest absolute Gasteiger partial charge is 0.137 e. The molecule has 1 aliphatic rings. The lowest BCUT2D eigenvalue weighted by Gasteiger charge is -2.25. The largest absolute Gasteiger partial charge is 0.456 e. The van der Waals surface area contributed by atoms with Crippen LogP contribution in [0.2, 0.25) is 0 Å². The van der Waals surface area contributed by atoms with E-state index in [9.17, 15) is 0 Å². The predicted molar refractivity (Wildman–Crippen MR) is 109 cm³/mol. The molecular formula is C24H23NO. The van der Waals surface area contributed by atoms with E-state index in [-0.39, 0.29) is 0 Å². The maximum atomic E-state index is 6.30. The van der Waals surface area contributed by atoms with E-state index in [1.807, 2.05) is 18.2 Å². The summed E-state index contributed by atoms with van der Waals surface area (Å²) in [6.07, 6.45) is 0. The van der Waals surface area contributed by atoms with Gasteiger partial charge in [-0.2, -0.15) is 0 Å². The fourth-order valence-electron chi connectivity index (χ4n) is 3.62. The molecule has 0 aromatic heterocycles. The van der Waals surface area contributed by atoms with Crippen LogP contribution in [0.1, 0.15) is 25.0 Å². The Hall–Kier alpha value is -3.00. The molecule has 2 heteroatoms. The van der Waals surface area contributed by atoms with E-state index in [1.165, 1.54) is 16.8 Å². The van der Waals surface area contributed by atoms with E-state index >= 15 is 0 Å². The second-order valence-electron chi connectivity index (χ2n) is 6.53. The third kappa shape index (κ3) is 2.78. The molecule has 2 nitrogen and oxygen atoms in total. The van der Waals surface area contributed by atoms with Crippen molar-refractivity contribution in [2.45, 2.75) is 13.8 Å². The molecule has 3 aromatic rings. The number of fused-ring (bicyclic) bond motifs is 2.